The second-order valence-corrected chi connectivity index (χ2v) is 7.75. The minimum Gasteiger partial charge on any atom is -0.355 e. The maximum Gasteiger partial charge on any atom is 0.234 e. The van der Waals surface area contributed by atoms with Gasteiger partial charge in [-0.3, -0.25) is 9.69 Å². The molecule has 0 saturated heterocycles. The lowest BCUT2D eigenvalue weighted by atomic mass is 10.1. The summed E-state index contributed by atoms with van der Waals surface area (Å²) >= 11 is 0. The summed E-state index contributed by atoms with van der Waals surface area (Å²) in [5.74, 6) is 0.173. The number of rotatable bonds is 20. The van der Waals surface area contributed by atoms with Crippen molar-refractivity contribution in [2.24, 2.45) is 0 Å². The van der Waals surface area contributed by atoms with Crippen LogP contribution in [-0.2, 0) is 4.79 Å². The summed E-state index contributed by atoms with van der Waals surface area (Å²) in [6, 6.07) is 0. The molecule has 0 aliphatic heterocycles. The molecule has 3 heteroatoms. The molecule has 160 valence electrons. The highest BCUT2D eigenvalue weighted by Gasteiger charge is 2.05. The van der Waals surface area contributed by atoms with E-state index in [9.17, 15) is 4.79 Å². The lowest BCUT2D eigenvalue weighted by molar-refractivity contribution is -0.122. The van der Waals surface area contributed by atoms with Crippen molar-refractivity contribution in [3.8, 4) is 0 Å². The first kappa shape index (κ1) is 26.2. The van der Waals surface area contributed by atoms with Crippen molar-refractivity contribution >= 4 is 5.91 Å². The number of carbonyl (C=O) groups excluding carboxylic acids is 1. The molecule has 0 rings (SSSR count). The summed E-state index contributed by atoms with van der Waals surface area (Å²) in [5.41, 5.74) is 0. The highest BCUT2D eigenvalue weighted by molar-refractivity contribution is 5.77. The van der Waals surface area contributed by atoms with Gasteiger partial charge in [-0.05, 0) is 45.2 Å². The van der Waals surface area contributed by atoms with E-state index in [0.717, 1.165) is 26.1 Å². The van der Waals surface area contributed by atoms with E-state index in [1.165, 1.54) is 83.5 Å². The van der Waals surface area contributed by atoms with Gasteiger partial charge >= 0.3 is 0 Å². The van der Waals surface area contributed by atoms with Crippen molar-refractivity contribution in [1.82, 2.24) is 10.2 Å². The Kier molecular flexibility index (Phi) is 20.8. The summed E-state index contributed by atoms with van der Waals surface area (Å²) in [6.45, 7) is 9.74. The van der Waals surface area contributed by atoms with Crippen LogP contribution in [-0.4, -0.2) is 37.0 Å². The van der Waals surface area contributed by atoms with Crippen LogP contribution < -0.4 is 5.32 Å². The van der Waals surface area contributed by atoms with E-state index in [1.54, 1.807) is 0 Å². The largest absolute Gasteiger partial charge is 0.355 e. The molecule has 3 nitrogen and oxygen atoms in total. The van der Waals surface area contributed by atoms with Gasteiger partial charge < -0.3 is 5.32 Å². The summed E-state index contributed by atoms with van der Waals surface area (Å²) in [6.07, 6.45) is 23.3. The van der Waals surface area contributed by atoms with Crippen LogP contribution in [0.1, 0.15) is 111 Å². The van der Waals surface area contributed by atoms with Gasteiger partial charge in [-0.1, -0.05) is 90.7 Å². The molecule has 0 aliphatic carbocycles. The number of hydrogen-bond acceptors (Lipinski definition) is 2. The van der Waals surface area contributed by atoms with Crippen LogP contribution in [0.25, 0.3) is 0 Å². The van der Waals surface area contributed by atoms with Crippen molar-refractivity contribution in [2.75, 3.05) is 26.2 Å². The molecule has 1 amide bonds. The summed E-state index contributed by atoms with van der Waals surface area (Å²) < 4.78 is 0. The Labute approximate surface area is 170 Å². The van der Waals surface area contributed by atoms with Crippen LogP contribution in [0.5, 0.6) is 0 Å². The lowest BCUT2D eigenvalue weighted by Gasteiger charge is -2.17. The fourth-order valence-corrected chi connectivity index (χ4v) is 3.31. The third-order valence-corrected chi connectivity index (χ3v) is 5.27. The van der Waals surface area contributed by atoms with Gasteiger partial charge in [0.2, 0.25) is 5.91 Å². The van der Waals surface area contributed by atoms with Gasteiger partial charge in [0.05, 0.1) is 6.54 Å². The number of nitrogens with zero attached hydrogens (tertiary/aromatic N) is 1. The fourth-order valence-electron chi connectivity index (χ4n) is 3.31. The maximum absolute atomic E-state index is 11.8. The Morgan fingerprint density at radius 1 is 0.704 bits per heavy atom. The van der Waals surface area contributed by atoms with Crippen molar-refractivity contribution < 1.29 is 4.79 Å². The molecule has 0 saturated carbocycles. The summed E-state index contributed by atoms with van der Waals surface area (Å²) in [5, 5.41) is 3.04. The Bertz CT molecular complexity index is 337. The number of amides is 1. The predicted molar refractivity (Wildman–Crippen MR) is 120 cm³/mol. The van der Waals surface area contributed by atoms with E-state index in [0.29, 0.717) is 6.54 Å². The molecule has 0 heterocycles. The molecule has 0 aliphatic rings. The van der Waals surface area contributed by atoms with Gasteiger partial charge in [0.15, 0.2) is 0 Å². The third kappa shape index (κ3) is 19.7. The molecular formula is C24H48N2O. The van der Waals surface area contributed by atoms with Crippen LogP contribution in [0.4, 0.5) is 0 Å². The second-order valence-electron chi connectivity index (χ2n) is 7.75. The van der Waals surface area contributed by atoms with Crippen LogP contribution in [0, 0.1) is 0 Å². The molecule has 1 N–H and O–H groups in total. The average Bonchev–Trinajstić information content (AvgIpc) is 2.68. The second kappa shape index (κ2) is 21.5. The number of allylic oxidation sites excluding steroid dienone is 2. The topological polar surface area (TPSA) is 32.3 Å². The van der Waals surface area contributed by atoms with Crippen molar-refractivity contribution in [2.45, 2.75) is 111 Å². The minimum atomic E-state index is 0.173. The number of hydrogen-bond donors (Lipinski definition) is 1. The van der Waals surface area contributed by atoms with Crippen LogP contribution >= 0.6 is 0 Å². The molecule has 0 radical (unpaired) electrons. The zero-order valence-corrected chi connectivity index (χ0v) is 18.7. The van der Waals surface area contributed by atoms with Gasteiger partial charge in [0.25, 0.3) is 0 Å². The monoisotopic (exact) mass is 380 g/mol. The van der Waals surface area contributed by atoms with E-state index in [1.807, 2.05) is 0 Å². The van der Waals surface area contributed by atoms with Gasteiger partial charge in [-0.25, -0.2) is 0 Å². The van der Waals surface area contributed by atoms with E-state index >= 15 is 0 Å². The predicted octanol–water partition coefficient (Wildman–Crippen LogP) is 6.48. The molecule has 0 fully saturated rings. The smallest absolute Gasteiger partial charge is 0.234 e. The Morgan fingerprint density at radius 2 is 1.19 bits per heavy atom. The normalized spacial score (nSPS) is 11.6. The SMILES string of the molecule is CCCCCCCC/C=C\CCCCCCCCNC(=O)CN(CC)CC. The first-order chi connectivity index (χ1) is 13.2. The molecule has 27 heavy (non-hydrogen) atoms. The van der Waals surface area contributed by atoms with E-state index in [-0.39, 0.29) is 5.91 Å². The van der Waals surface area contributed by atoms with Crippen LogP contribution in [0.3, 0.4) is 0 Å². The summed E-state index contributed by atoms with van der Waals surface area (Å²) in [7, 11) is 0. The Morgan fingerprint density at radius 3 is 1.70 bits per heavy atom. The van der Waals surface area contributed by atoms with Crippen LogP contribution in [0.15, 0.2) is 12.2 Å². The van der Waals surface area contributed by atoms with E-state index < -0.39 is 0 Å². The highest BCUT2D eigenvalue weighted by atomic mass is 16.2. The Hall–Kier alpha value is -0.830. The standard InChI is InChI=1S/C24H48N2O/c1-4-7-8-9-10-11-12-13-14-15-16-17-18-19-20-21-22-25-24(27)23-26(5-2)6-3/h13-14H,4-12,15-23H2,1-3H3,(H,25,27)/b14-13-. The molecule has 0 atom stereocenters. The first-order valence-corrected chi connectivity index (χ1v) is 11.9. The van der Waals surface area contributed by atoms with Gasteiger partial charge in [-0.2, -0.15) is 0 Å². The van der Waals surface area contributed by atoms with Crippen molar-refractivity contribution in [3.63, 3.8) is 0 Å². The third-order valence-electron chi connectivity index (χ3n) is 5.27. The molecule has 0 aromatic carbocycles. The Balaban J connectivity index is 3.24. The molecule has 0 spiro atoms. The number of likely N-dealkylation sites (N-methyl/N-ethyl adjacent to an activating group) is 1. The van der Waals surface area contributed by atoms with E-state index in [4.69, 9.17) is 0 Å². The van der Waals surface area contributed by atoms with Gasteiger partial charge in [-0.15, -0.1) is 0 Å². The highest BCUT2D eigenvalue weighted by Crippen LogP contribution is 2.09. The fraction of sp³-hybridized carbons (Fsp3) is 0.875. The maximum atomic E-state index is 11.8. The number of unbranched alkanes of at least 4 members (excludes halogenated alkanes) is 12. The average molecular weight is 381 g/mol. The van der Waals surface area contributed by atoms with E-state index in [2.05, 4.69) is 43.1 Å². The van der Waals surface area contributed by atoms with Crippen molar-refractivity contribution in [3.05, 3.63) is 12.2 Å². The van der Waals surface area contributed by atoms with Gasteiger partial charge in [0, 0.05) is 6.54 Å². The minimum absolute atomic E-state index is 0.173. The van der Waals surface area contributed by atoms with Crippen molar-refractivity contribution in [1.29, 1.82) is 0 Å². The summed E-state index contributed by atoms with van der Waals surface area (Å²) in [4.78, 5) is 13.9. The molecular weight excluding hydrogens is 332 g/mol. The first-order valence-electron chi connectivity index (χ1n) is 11.9. The molecule has 0 unspecified atom stereocenters. The number of carbonyl (C=O) groups is 1. The van der Waals surface area contributed by atoms with Gasteiger partial charge in [0.1, 0.15) is 0 Å². The quantitative estimate of drug-likeness (QED) is 0.193. The lowest BCUT2D eigenvalue weighted by Crippen LogP contribution is -2.37. The molecule has 0 bridgehead atoms. The number of nitrogens with one attached hydrogen (secondary N) is 1. The zero-order chi connectivity index (χ0) is 20.0. The molecule has 0 aromatic heterocycles. The zero-order valence-electron chi connectivity index (χ0n) is 18.7. The molecule has 0 aromatic rings. The van der Waals surface area contributed by atoms with Crippen LogP contribution in [0.2, 0.25) is 0 Å².